The molecule has 100 valence electrons. The van der Waals surface area contributed by atoms with Crippen molar-refractivity contribution in [1.82, 2.24) is 5.32 Å². The van der Waals surface area contributed by atoms with Crippen LogP contribution in [0.1, 0.15) is 62.5 Å². The topological polar surface area (TPSA) is 12.0 Å². The van der Waals surface area contributed by atoms with Crippen molar-refractivity contribution in [3.8, 4) is 0 Å². The molecule has 0 bridgehead atoms. The van der Waals surface area contributed by atoms with Gasteiger partial charge in [-0.2, -0.15) is 0 Å². The van der Waals surface area contributed by atoms with E-state index in [0.29, 0.717) is 6.04 Å². The molecule has 0 radical (unpaired) electrons. The predicted octanol–water partition coefficient (Wildman–Crippen LogP) is 4.27. The van der Waals surface area contributed by atoms with Crippen LogP contribution in [-0.4, -0.2) is 13.1 Å². The van der Waals surface area contributed by atoms with Crippen LogP contribution < -0.4 is 5.32 Å². The molecule has 1 fully saturated rings. The van der Waals surface area contributed by atoms with Crippen LogP contribution in [0, 0.1) is 0 Å². The predicted molar refractivity (Wildman–Crippen MR) is 79.1 cm³/mol. The number of rotatable bonds is 4. The fourth-order valence-corrected chi connectivity index (χ4v) is 3.17. The van der Waals surface area contributed by atoms with Crippen LogP contribution in [0.15, 0.2) is 24.3 Å². The molecule has 0 spiro atoms. The molecular weight excluding hydrogens is 218 g/mol. The van der Waals surface area contributed by atoms with E-state index in [0.717, 1.165) is 5.92 Å². The van der Waals surface area contributed by atoms with E-state index >= 15 is 0 Å². The quantitative estimate of drug-likeness (QED) is 0.781. The molecular formula is C17H27N. The molecule has 0 aliphatic heterocycles. The highest BCUT2D eigenvalue weighted by atomic mass is 14.9. The number of nitrogens with one attached hydrogen (secondary N) is 1. The summed E-state index contributed by atoms with van der Waals surface area (Å²) in [5.74, 6) is 0.764. The molecule has 0 heterocycles. The Morgan fingerprint density at radius 2 is 1.83 bits per heavy atom. The summed E-state index contributed by atoms with van der Waals surface area (Å²) in [7, 11) is 2.11. The van der Waals surface area contributed by atoms with Gasteiger partial charge in [-0.1, -0.05) is 50.5 Å². The van der Waals surface area contributed by atoms with E-state index in [1.807, 2.05) is 0 Å². The standard InChI is InChI=1S/C17H27N/c1-3-6-14-9-11-15(12-10-14)16-7-4-5-8-17(13-16)18-2/h9-12,16-18H,3-8,13H2,1-2H3. The van der Waals surface area contributed by atoms with Crippen LogP contribution in [0.2, 0.25) is 0 Å². The summed E-state index contributed by atoms with van der Waals surface area (Å²) in [6, 6.07) is 10.1. The lowest BCUT2D eigenvalue weighted by Gasteiger charge is -2.20. The first-order valence-electron chi connectivity index (χ1n) is 7.59. The Morgan fingerprint density at radius 3 is 2.50 bits per heavy atom. The third-order valence-corrected chi connectivity index (χ3v) is 4.32. The van der Waals surface area contributed by atoms with Crippen LogP contribution >= 0.6 is 0 Å². The zero-order chi connectivity index (χ0) is 12.8. The molecule has 1 saturated carbocycles. The van der Waals surface area contributed by atoms with Crippen molar-refractivity contribution in [3.63, 3.8) is 0 Å². The van der Waals surface area contributed by atoms with Crippen molar-refractivity contribution in [3.05, 3.63) is 35.4 Å². The fraction of sp³-hybridized carbons (Fsp3) is 0.647. The molecule has 0 amide bonds. The molecule has 1 aliphatic carbocycles. The Hall–Kier alpha value is -0.820. The van der Waals surface area contributed by atoms with E-state index in [-0.39, 0.29) is 0 Å². The van der Waals surface area contributed by atoms with Crippen LogP contribution in [0.25, 0.3) is 0 Å². The second-order valence-corrected chi connectivity index (χ2v) is 5.69. The van der Waals surface area contributed by atoms with Gasteiger partial charge in [0.1, 0.15) is 0 Å². The number of hydrogen-bond donors (Lipinski definition) is 1. The van der Waals surface area contributed by atoms with Crippen molar-refractivity contribution in [2.75, 3.05) is 7.05 Å². The van der Waals surface area contributed by atoms with E-state index in [2.05, 4.69) is 43.6 Å². The first kappa shape index (κ1) is 13.6. The summed E-state index contributed by atoms with van der Waals surface area (Å²) in [6.45, 7) is 2.25. The highest BCUT2D eigenvalue weighted by molar-refractivity contribution is 5.26. The molecule has 1 aromatic carbocycles. The van der Waals surface area contributed by atoms with Gasteiger partial charge < -0.3 is 5.32 Å². The molecule has 0 aromatic heterocycles. The van der Waals surface area contributed by atoms with Gasteiger partial charge in [-0.25, -0.2) is 0 Å². The average Bonchev–Trinajstić information content (AvgIpc) is 2.65. The van der Waals surface area contributed by atoms with Crippen molar-refractivity contribution < 1.29 is 0 Å². The molecule has 2 unspecified atom stereocenters. The SMILES string of the molecule is CCCc1ccc(C2CCCCC(NC)C2)cc1. The van der Waals surface area contributed by atoms with Crippen LogP contribution in [0.4, 0.5) is 0 Å². The van der Waals surface area contributed by atoms with E-state index in [1.165, 1.54) is 50.5 Å². The normalized spacial score (nSPS) is 24.8. The van der Waals surface area contributed by atoms with Gasteiger partial charge in [-0.3, -0.25) is 0 Å². The lowest BCUT2D eigenvalue weighted by atomic mass is 9.89. The van der Waals surface area contributed by atoms with Crippen molar-refractivity contribution in [2.45, 2.75) is 63.8 Å². The van der Waals surface area contributed by atoms with E-state index < -0.39 is 0 Å². The van der Waals surface area contributed by atoms with Gasteiger partial charge in [0.05, 0.1) is 0 Å². The van der Waals surface area contributed by atoms with Gasteiger partial charge >= 0.3 is 0 Å². The maximum absolute atomic E-state index is 3.48. The number of hydrogen-bond acceptors (Lipinski definition) is 1. The Balaban J connectivity index is 2.04. The third-order valence-electron chi connectivity index (χ3n) is 4.32. The molecule has 1 heteroatoms. The van der Waals surface area contributed by atoms with Gasteiger partial charge in [-0.15, -0.1) is 0 Å². The minimum atomic E-state index is 0.716. The molecule has 1 aromatic rings. The first-order chi connectivity index (χ1) is 8.83. The molecule has 1 nitrogen and oxygen atoms in total. The number of benzene rings is 1. The van der Waals surface area contributed by atoms with Crippen LogP contribution in [-0.2, 0) is 6.42 Å². The first-order valence-corrected chi connectivity index (χ1v) is 7.59. The highest BCUT2D eigenvalue weighted by Gasteiger charge is 2.20. The Kier molecular flexibility index (Phi) is 5.25. The van der Waals surface area contributed by atoms with E-state index in [4.69, 9.17) is 0 Å². The Morgan fingerprint density at radius 1 is 1.11 bits per heavy atom. The summed E-state index contributed by atoms with van der Waals surface area (Å²) < 4.78 is 0. The van der Waals surface area contributed by atoms with E-state index in [1.54, 1.807) is 5.56 Å². The van der Waals surface area contributed by atoms with Gasteiger partial charge in [0, 0.05) is 6.04 Å². The summed E-state index contributed by atoms with van der Waals surface area (Å²) in [4.78, 5) is 0. The van der Waals surface area contributed by atoms with Gasteiger partial charge in [-0.05, 0) is 49.8 Å². The Labute approximate surface area is 112 Å². The molecule has 1 aliphatic rings. The molecule has 0 saturated heterocycles. The second-order valence-electron chi connectivity index (χ2n) is 5.69. The van der Waals surface area contributed by atoms with Crippen molar-refractivity contribution in [2.24, 2.45) is 0 Å². The average molecular weight is 245 g/mol. The largest absolute Gasteiger partial charge is 0.317 e. The maximum atomic E-state index is 3.48. The maximum Gasteiger partial charge on any atom is 0.00698 e. The van der Waals surface area contributed by atoms with Gasteiger partial charge in [0.15, 0.2) is 0 Å². The van der Waals surface area contributed by atoms with Crippen molar-refractivity contribution >= 4 is 0 Å². The summed E-state index contributed by atoms with van der Waals surface area (Å²) in [5.41, 5.74) is 3.04. The summed E-state index contributed by atoms with van der Waals surface area (Å²) in [6.07, 6.45) is 9.25. The van der Waals surface area contributed by atoms with Crippen molar-refractivity contribution in [1.29, 1.82) is 0 Å². The minimum absolute atomic E-state index is 0.716. The second kappa shape index (κ2) is 6.94. The monoisotopic (exact) mass is 245 g/mol. The smallest absolute Gasteiger partial charge is 0.00698 e. The summed E-state index contributed by atoms with van der Waals surface area (Å²) in [5, 5.41) is 3.48. The third kappa shape index (κ3) is 3.58. The Bertz CT molecular complexity index is 341. The van der Waals surface area contributed by atoms with Crippen LogP contribution in [0.3, 0.4) is 0 Å². The highest BCUT2D eigenvalue weighted by Crippen LogP contribution is 2.31. The van der Waals surface area contributed by atoms with Gasteiger partial charge in [0.2, 0.25) is 0 Å². The zero-order valence-corrected chi connectivity index (χ0v) is 11.9. The molecule has 2 atom stereocenters. The lowest BCUT2D eigenvalue weighted by molar-refractivity contribution is 0.471. The zero-order valence-electron chi connectivity index (χ0n) is 11.9. The van der Waals surface area contributed by atoms with Gasteiger partial charge in [0.25, 0.3) is 0 Å². The number of aryl methyl sites for hydroxylation is 1. The van der Waals surface area contributed by atoms with Crippen LogP contribution in [0.5, 0.6) is 0 Å². The molecule has 1 N–H and O–H groups in total. The summed E-state index contributed by atoms with van der Waals surface area (Å²) >= 11 is 0. The van der Waals surface area contributed by atoms with E-state index in [9.17, 15) is 0 Å². The molecule has 18 heavy (non-hydrogen) atoms. The molecule has 2 rings (SSSR count). The fourth-order valence-electron chi connectivity index (χ4n) is 3.17. The minimum Gasteiger partial charge on any atom is -0.317 e. The lowest BCUT2D eigenvalue weighted by Crippen LogP contribution is -2.25.